The standard InChI is InChI=1S/C9H5FN.Y/c10-8-3-4-9-7(6-8)2-1-5-11-9;/h1,3-6H;/q-1;. The molecule has 1 aromatic heterocycles. The second-order valence-electron chi connectivity index (χ2n) is 2.25. The average molecular weight is 235 g/mol. The first kappa shape index (κ1) is 9.75. The van der Waals surface area contributed by atoms with E-state index in [-0.39, 0.29) is 38.5 Å². The van der Waals surface area contributed by atoms with Gasteiger partial charge in [-0.2, -0.15) is 0 Å². The quantitative estimate of drug-likeness (QED) is 0.637. The molecule has 0 aliphatic carbocycles. The van der Waals surface area contributed by atoms with E-state index in [4.69, 9.17) is 0 Å². The van der Waals surface area contributed by atoms with Crippen LogP contribution in [0.4, 0.5) is 4.39 Å². The van der Waals surface area contributed by atoms with Crippen molar-refractivity contribution >= 4 is 10.9 Å². The molecule has 0 atom stereocenters. The zero-order valence-electron chi connectivity index (χ0n) is 6.29. The molecule has 0 aliphatic heterocycles. The van der Waals surface area contributed by atoms with Crippen LogP contribution in [0.2, 0.25) is 0 Å². The van der Waals surface area contributed by atoms with Gasteiger partial charge in [-0.05, 0) is 11.6 Å². The van der Waals surface area contributed by atoms with E-state index in [9.17, 15) is 4.39 Å². The van der Waals surface area contributed by atoms with Gasteiger partial charge < -0.3 is 4.98 Å². The Morgan fingerprint density at radius 3 is 3.00 bits per heavy atom. The molecule has 2 aromatic rings. The number of aromatic nitrogens is 1. The van der Waals surface area contributed by atoms with Gasteiger partial charge in [0.1, 0.15) is 0 Å². The van der Waals surface area contributed by atoms with Crippen LogP contribution in [0.1, 0.15) is 0 Å². The number of hydrogen-bond donors (Lipinski definition) is 0. The Bertz CT molecular complexity index is 389. The summed E-state index contributed by atoms with van der Waals surface area (Å²) in [5.41, 5.74) is 0.772. The third-order valence-corrected chi connectivity index (χ3v) is 1.49. The van der Waals surface area contributed by atoms with Gasteiger partial charge in [-0.1, -0.05) is 18.3 Å². The molecule has 0 aliphatic rings. The average Bonchev–Trinajstić information content (AvgIpc) is 2.04. The fourth-order valence-corrected chi connectivity index (χ4v) is 0.981. The Hall–Kier alpha value is -0.336. The molecule has 0 fully saturated rings. The van der Waals surface area contributed by atoms with Gasteiger partial charge in [0.2, 0.25) is 0 Å². The van der Waals surface area contributed by atoms with Gasteiger partial charge in [0.25, 0.3) is 0 Å². The van der Waals surface area contributed by atoms with Crippen LogP contribution in [0.3, 0.4) is 0 Å². The zero-order valence-corrected chi connectivity index (χ0v) is 9.13. The van der Waals surface area contributed by atoms with Gasteiger partial charge >= 0.3 is 0 Å². The van der Waals surface area contributed by atoms with Crippen molar-refractivity contribution in [3.8, 4) is 0 Å². The number of fused-ring (bicyclic) bond motifs is 1. The Morgan fingerprint density at radius 2 is 2.17 bits per heavy atom. The zero-order chi connectivity index (χ0) is 7.68. The number of halogens is 1. The van der Waals surface area contributed by atoms with Crippen molar-refractivity contribution < 1.29 is 37.1 Å². The summed E-state index contributed by atoms with van der Waals surface area (Å²) in [5.74, 6) is -0.248. The smallest absolute Gasteiger partial charge is 0.0817 e. The van der Waals surface area contributed by atoms with E-state index in [0.717, 1.165) is 5.52 Å². The number of nitrogens with zero attached hydrogens (tertiary/aromatic N) is 1. The third-order valence-electron chi connectivity index (χ3n) is 1.49. The van der Waals surface area contributed by atoms with E-state index in [1.165, 1.54) is 12.1 Å². The van der Waals surface area contributed by atoms with E-state index >= 15 is 0 Å². The summed E-state index contributed by atoms with van der Waals surface area (Å²) in [7, 11) is 0. The second-order valence-corrected chi connectivity index (χ2v) is 2.25. The van der Waals surface area contributed by atoms with Crippen molar-refractivity contribution in [1.29, 1.82) is 0 Å². The van der Waals surface area contributed by atoms with Crippen LogP contribution in [0, 0.1) is 11.9 Å². The number of rotatable bonds is 0. The predicted molar refractivity (Wildman–Crippen MR) is 40.5 cm³/mol. The van der Waals surface area contributed by atoms with Crippen LogP contribution in [0.5, 0.6) is 0 Å². The summed E-state index contributed by atoms with van der Waals surface area (Å²) in [6.45, 7) is 0. The molecule has 1 aromatic carbocycles. The fraction of sp³-hybridized carbons (Fsp3) is 0. The van der Waals surface area contributed by atoms with Crippen molar-refractivity contribution in [1.82, 2.24) is 4.98 Å². The van der Waals surface area contributed by atoms with E-state index in [1.807, 2.05) is 0 Å². The van der Waals surface area contributed by atoms with Crippen LogP contribution >= 0.6 is 0 Å². The molecule has 0 amide bonds. The van der Waals surface area contributed by atoms with Gasteiger partial charge in [0.15, 0.2) is 0 Å². The molecule has 1 nitrogen and oxygen atoms in total. The largest absolute Gasteiger partial charge is 0.352 e. The second kappa shape index (κ2) is 4.06. The van der Waals surface area contributed by atoms with Crippen LogP contribution in [0.25, 0.3) is 10.9 Å². The Kier molecular flexibility index (Phi) is 3.30. The van der Waals surface area contributed by atoms with Crippen LogP contribution < -0.4 is 0 Å². The number of benzene rings is 1. The summed E-state index contributed by atoms with van der Waals surface area (Å²) >= 11 is 0. The Morgan fingerprint density at radius 1 is 1.33 bits per heavy atom. The monoisotopic (exact) mass is 235 g/mol. The summed E-state index contributed by atoms with van der Waals surface area (Å²) < 4.78 is 12.6. The molecule has 0 unspecified atom stereocenters. The summed E-state index contributed by atoms with van der Waals surface area (Å²) in [6, 6.07) is 9.01. The minimum absolute atomic E-state index is 0. The molecule has 0 spiro atoms. The van der Waals surface area contributed by atoms with Crippen LogP contribution in [0.15, 0.2) is 30.5 Å². The third kappa shape index (κ3) is 1.88. The first-order valence-corrected chi connectivity index (χ1v) is 3.28. The summed E-state index contributed by atoms with van der Waals surface area (Å²) in [4.78, 5) is 4.02. The van der Waals surface area contributed by atoms with Crippen molar-refractivity contribution in [2.45, 2.75) is 0 Å². The minimum Gasteiger partial charge on any atom is -0.352 e. The molecule has 1 heterocycles. The maximum absolute atomic E-state index is 12.6. The van der Waals surface area contributed by atoms with E-state index in [1.54, 1.807) is 18.3 Å². The molecular weight excluding hydrogens is 230 g/mol. The molecule has 0 saturated heterocycles. The number of pyridine rings is 1. The summed E-state index contributed by atoms with van der Waals surface area (Å²) in [5, 5.41) is 0.715. The van der Waals surface area contributed by atoms with Crippen molar-refractivity contribution in [2.75, 3.05) is 0 Å². The first-order valence-electron chi connectivity index (χ1n) is 3.28. The van der Waals surface area contributed by atoms with Gasteiger partial charge in [0.05, 0.1) is 5.82 Å². The van der Waals surface area contributed by atoms with Crippen LogP contribution in [-0.4, -0.2) is 4.98 Å². The maximum atomic E-state index is 12.6. The van der Waals surface area contributed by atoms with E-state index in [0.29, 0.717) is 5.39 Å². The van der Waals surface area contributed by atoms with Gasteiger partial charge in [-0.15, -0.1) is 17.5 Å². The van der Waals surface area contributed by atoms with Gasteiger partial charge in [0, 0.05) is 32.7 Å². The van der Waals surface area contributed by atoms with Gasteiger partial charge in [-0.3, -0.25) is 0 Å². The predicted octanol–water partition coefficient (Wildman–Crippen LogP) is 2.17. The van der Waals surface area contributed by atoms with Crippen LogP contribution in [-0.2, 0) is 32.7 Å². The number of hydrogen-bond acceptors (Lipinski definition) is 1. The topological polar surface area (TPSA) is 12.9 Å². The fourth-order valence-electron chi connectivity index (χ4n) is 0.981. The molecule has 2 rings (SSSR count). The molecule has 57 valence electrons. The van der Waals surface area contributed by atoms with E-state index < -0.39 is 0 Å². The summed E-state index contributed by atoms with van der Waals surface area (Å²) in [6.07, 6.45) is 1.64. The Labute approximate surface area is 94.9 Å². The molecule has 1 radical (unpaired) electrons. The maximum Gasteiger partial charge on any atom is 0.0817 e. The first-order chi connectivity index (χ1) is 5.36. The minimum atomic E-state index is -0.248. The van der Waals surface area contributed by atoms with Crippen molar-refractivity contribution in [3.63, 3.8) is 0 Å². The van der Waals surface area contributed by atoms with Crippen molar-refractivity contribution in [3.05, 3.63) is 42.3 Å². The molecule has 12 heavy (non-hydrogen) atoms. The van der Waals surface area contributed by atoms with E-state index in [2.05, 4.69) is 11.1 Å². The molecular formula is C9H5FNY-. The molecule has 0 N–H and O–H groups in total. The molecule has 3 heteroatoms. The molecule has 0 bridgehead atoms. The Balaban J connectivity index is 0.000000720. The normalized spacial score (nSPS) is 9.42. The molecule has 0 saturated carbocycles. The van der Waals surface area contributed by atoms with Gasteiger partial charge in [-0.25, -0.2) is 4.39 Å². The SMILES string of the molecule is Fc1ccc2ncc[c-]c2c1.[Y]. The van der Waals surface area contributed by atoms with Crippen molar-refractivity contribution in [2.24, 2.45) is 0 Å².